The van der Waals surface area contributed by atoms with E-state index < -0.39 is 40.9 Å². The van der Waals surface area contributed by atoms with Gasteiger partial charge in [-0.2, -0.15) is 36.7 Å². The second kappa shape index (κ2) is 10.8. The molecule has 6 N–H and O–H groups in total. The number of nitriles is 1. The summed E-state index contributed by atoms with van der Waals surface area (Å²) in [5.41, 5.74) is 6.71. The summed E-state index contributed by atoms with van der Waals surface area (Å²) in [6, 6.07) is 5.36. The number of anilines is 1. The Morgan fingerprint density at radius 3 is 2.15 bits per heavy atom. The smallest absolute Gasteiger partial charge is 0.475 e. The lowest BCUT2D eigenvalue weighted by Gasteiger charge is -2.28. The van der Waals surface area contributed by atoms with E-state index in [0.29, 0.717) is 11.1 Å². The van der Waals surface area contributed by atoms with Crippen LogP contribution in [0.5, 0.6) is 0 Å². The maximum absolute atomic E-state index is 13.5. The fourth-order valence-electron chi connectivity index (χ4n) is 3.11. The van der Waals surface area contributed by atoms with Crippen molar-refractivity contribution in [3.63, 3.8) is 0 Å². The third-order valence-electron chi connectivity index (χ3n) is 5.44. The summed E-state index contributed by atoms with van der Waals surface area (Å²) in [7, 11) is 0. The number of carboxylic acid groups (broad SMARTS) is 1. The predicted molar refractivity (Wildman–Crippen MR) is 126 cm³/mol. The number of hydrogen-bond donors (Lipinski definition) is 4. The second-order valence-corrected chi connectivity index (χ2v) is 8.74. The Bertz CT molecular complexity index is 1480. The minimum Gasteiger partial charge on any atom is -0.475 e. The van der Waals surface area contributed by atoms with Crippen LogP contribution < -0.4 is 11.5 Å². The molecular weight excluding hydrogens is 552 g/mol. The molecular formula is C23H21F6N7O4. The van der Waals surface area contributed by atoms with Gasteiger partial charge in [0.1, 0.15) is 17.1 Å². The molecule has 0 bridgehead atoms. The number of amides is 1. The highest BCUT2D eigenvalue weighted by Gasteiger charge is 2.60. The van der Waals surface area contributed by atoms with Gasteiger partial charge in [0.05, 0.1) is 24.2 Å². The van der Waals surface area contributed by atoms with Crippen LogP contribution in [-0.4, -0.2) is 54.2 Å². The quantitative estimate of drug-likeness (QED) is 0.332. The number of benzene rings is 1. The molecule has 2 aromatic heterocycles. The van der Waals surface area contributed by atoms with E-state index in [-0.39, 0.29) is 22.8 Å². The van der Waals surface area contributed by atoms with E-state index in [9.17, 15) is 41.5 Å². The van der Waals surface area contributed by atoms with E-state index in [1.165, 1.54) is 23.1 Å². The first-order valence-corrected chi connectivity index (χ1v) is 10.8. The minimum atomic E-state index is -5.34. The zero-order valence-electron chi connectivity index (χ0n) is 20.8. The maximum atomic E-state index is 13.5. The number of halogens is 6. The lowest BCUT2D eigenvalue weighted by atomic mass is 9.89. The first-order valence-electron chi connectivity index (χ1n) is 10.8. The molecule has 0 radical (unpaired) electrons. The van der Waals surface area contributed by atoms with Crippen LogP contribution in [0.25, 0.3) is 22.5 Å². The molecule has 0 saturated heterocycles. The highest BCUT2D eigenvalue weighted by atomic mass is 19.4. The number of nitrogen functional groups attached to an aromatic ring is 1. The van der Waals surface area contributed by atoms with E-state index in [1.54, 1.807) is 27.0 Å². The Morgan fingerprint density at radius 2 is 1.68 bits per heavy atom. The highest BCUT2D eigenvalue weighted by molar-refractivity contribution is 5.86. The Kier molecular flexibility index (Phi) is 8.51. The van der Waals surface area contributed by atoms with Gasteiger partial charge in [-0.05, 0) is 32.4 Å². The normalized spacial score (nSPS) is 13.4. The monoisotopic (exact) mass is 573 g/mol. The molecule has 0 spiro atoms. The van der Waals surface area contributed by atoms with Crippen molar-refractivity contribution in [1.82, 2.24) is 19.7 Å². The number of primary amides is 1. The van der Waals surface area contributed by atoms with Gasteiger partial charge in [0.2, 0.25) is 0 Å². The molecule has 11 nitrogen and oxygen atoms in total. The van der Waals surface area contributed by atoms with Crippen molar-refractivity contribution in [2.24, 2.45) is 5.73 Å². The first kappa shape index (κ1) is 31.5. The summed E-state index contributed by atoms with van der Waals surface area (Å²) >= 11 is 0. The molecule has 0 fully saturated rings. The van der Waals surface area contributed by atoms with E-state index >= 15 is 0 Å². The number of nitrogens with two attached hydrogens (primary N) is 2. The summed E-state index contributed by atoms with van der Waals surface area (Å²) < 4.78 is 73.7. The predicted octanol–water partition coefficient (Wildman–Crippen LogP) is 3.02. The average molecular weight is 573 g/mol. The summed E-state index contributed by atoms with van der Waals surface area (Å²) in [6.07, 6.45) is -6.19. The number of carboxylic acids is 1. The van der Waals surface area contributed by atoms with Gasteiger partial charge < -0.3 is 21.7 Å². The van der Waals surface area contributed by atoms with Crippen molar-refractivity contribution in [3.05, 3.63) is 47.9 Å². The molecule has 0 saturated carbocycles. The van der Waals surface area contributed by atoms with E-state index in [0.717, 1.165) is 12.1 Å². The number of aliphatic hydroxyl groups is 1. The van der Waals surface area contributed by atoms with Crippen LogP contribution in [0.3, 0.4) is 0 Å². The number of nitrogens with zero attached hydrogens (tertiary/aromatic N) is 5. The van der Waals surface area contributed by atoms with Gasteiger partial charge in [0, 0.05) is 22.9 Å². The number of aliphatic carboxylic acids is 1. The van der Waals surface area contributed by atoms with Gasteiger partial charge in [0.25, 0.3) is 11.5 Å². The molecule has 0 aliphatic rings. The SMILES string of the molecule is Cc1ccc(C(O)(C(N)=O)C(F)(F)F)cc1-c1cnc(N)c(-c2cnn(C(C)(C)C#N)c2)n1.O=C(O)C(F)(F)F. The lowest BCUT2D eigenvalue weighted by Crippen LogP contribution is -2.52. The largest absolute Gasteiger partial charge is 0.490 e. The standard InChI is InChI=1S/C21H20F3N7O2.C2HF3O2/c1-11-4-5-13(20(33,18(27)32)21(22,23)24)6-14(11)15-8-28-17(26)16(30-15)12-7-29-31(9-12)19(2,3)10-25;3-2(4,5)1(6)7/h4-9,33H,1-3H3,(H2,26,28)(H2,27,32);(H,6,7). The fourth-order valence-corrected chi connectivity index (χ4v) is 3.11. The summed E-state index contributed by atoms with van der Waals surface area (Å²) in [4.78, 5) is 29.0. The minimum absolute atomic E-state index is 0.0332. The van der Waals surface area contributed by atoms with Gasteiger partial charge >= 0.3 is 18.3 Å². The first-order chi connectivity index (χ1) is 18.2. The Hall–Kier alpha value is -4.72. The van der Waals surface area contributed by atoms with Crippen molar-refractivity contribution in [1.29, 1.82) is 5.26 Å². The van der Waals surface area contributed by atoms with Crippen LogP contribution in [-0.2, 0) is 20.7 Å². The van der Waals surface area contributed by atoms with Gasteiger partial charge in [-0.25, -0.2) is 14.8 Å². The lowest BCUT2D eigenvalue weighted by molar-refractivity contribution is -0.255. The van der Waals surface area contributed by atoms with Crippen molar-refractivity contribution >= 4 is 17.7 Å². The zero-order valence-corrected chi connectivity index (χ0v) is 20.8. The number of rotatable bonds is 5. The molecule has 40 heavy (non-hydrogen) atoms. The highest BCUT2D eigenvalue weighted by Crippen LogP contribution is 2.40. The third kappa shape index (κ3) is 6.29. The van der Waals surface area contributed by atoms with Crippen molar-refractivity contribution in [2.75, 3.05) is 5.73 Å². The fraction of sp³-hybridized carbons (Fsp3) is 0.304. The molecule has 1 aromatic carbocycles. The van der Waals surface area contributed by atoms with E-state index in [4.69, 9.17) is 21.4 Å². The molecule has 2 heterocycles. The van der Waals surface area contributed by atoms with Crippen LogP contribution in [0, 0.1) is 18.3 Å². The molecule has 0 aliphatic heterocycles. The summed E-state index contributed by atoms with van der Waals surface area (Å²) in [5.74, 6) is -4.68. The molecule has 1 atom stereocenters. The molecule has 3 aromatic rings. The number of carbonyl (C=O) groups excluding carboxylic acids is 1. The molecule has 0 aliphatic carbocycles. The van der Waals surface area contributed by atoms with Crippen molar-refractivity contribution in [2.45, 2.75) is 44.3 Å². The third-order valence-corrected chi connectivity index (χ3v) is 5.44. The van der Waals surface area contributed by atoms with E-state index in [2.05, 4.69) is 21.1 Å². The Morgan fingerprint density at radius 1 is 1.10 bits per heavy atom. The van der Waals surface area contributed by atoms with Gasteiger partial charge in [-0.1, -0.05) is 12.1 Å². The molecule has 3 rings (SSSR count). The van der Waals surface area contributed by atoms with E-state index in [1.807, 2.05) is 0 Å². The van der Waals surface area contributed by atoms with Crippen LogP contribution in [0.2, 0.25) is 0 Å². The van der Waals surface area contributed by atoms with Crippen LogP contribution in [0.15, 0.2) is 36.8 Å². The number of hydrogen-bond acceptors (Lipinski definition) is 8. The number of aryl methyl sites for hydroxylation is 1. The van der Waals surface area contributed by atoms with Crippen LogP contribution in [0.1, 0.15) is 25.0 Å². The van der Waals surface area contributed by atoms with Crippen molar-refractivity contribution < 1.29 is 46.1 Å². The maximum Gasteiger partial charge on any atom is 0.490 e. The number of aromatic nitrogens is 4. The Labute approximate surface area is 221 Å². The van der Waals surface area contributed by atoms with Crippen LogP contribution in [0.4, 0.5) is 32.2 Å². The van der Waals surface area contributed by atoms with Gasteiger partial charge in [-0.15, -0.1) is 0 Å². The van der Waals surface area contributed by atoms with Crippen molar-refractivity contribution in [3.8, 4) is 28.6 Å². The average Bonchev–Trinajstić information content (AvgIpc) is 3.34. The van der Waals surface area contributed by atoms with Gasteiger partial charge in [0.15, 0.2) is 0 Å². The topological polar surface area (TPSA) is 194 Å². The molecule has 214 valence electrons. The molecule has 1 unspecified atom stereocenters. The van der Waals surface area contributed by atoms with Gasteiger partial charge in [-0.3, -0.25) is 9.48 Å². The molecule has 17 heteroatoms. The summed E-state index contributed by atoms with van der Waals surface area (Å²) in [5, 5.41) is 30.7. The molecule has 1 amide bonds. The van der Waals surface area contributed by atoms with Crippen LogP contribution >= 0.6 is 0 Å². The summed E-state index contributed by atoms with van der Waals surface area (Å²) in [6.45, 7) is 4.93. The zero-order chi connectivity index (χ0) is 30.8. The number of alkyl halides is 6. The Balaban J connectivity index is 0.000000708. The second-order valence-electron chi connectivity index (χ2n) is 8.74. The number of carbonyl (C=O) groups is 2.